The average Bonchev–Trinajstić information content (AvgIpc) is 3.05. The van der Waals surface area contributed by atoms with E-state index in [9.17, 15) is 0 Å². The fraction of sp³-hybridized carbons (Fsp3) is 0.412. The van der Waals surface area contributed by atoms with Crippen LogP contribution in [0.15, 0.2) is 36.4 Å². The number of nitrogens with zero attached hydrogens (tertiary/aromatic N) is 2. The summed E-state index contributed by atoms with van der Waals surface area (Å²) in [5.74, 6) is 2.44. The maximum absolute atomic E-state index is 5.62. The quantitative estimate of drug-likeness (QED) is 0.858. The Morgan fingerprint density at radius 3 is 2.64 bits per heavy atom. The van der Waals surface area contributed by atoms with Gasteiger partial charge in [-0.2, -0.15) is 0 Å². The first kappa shape index (κ1) is 14.8. The van der Waals surface area contributed by atoms with Crippen molar-refractivity contribution in [3.05, 3.63) is 47.8 Å². The second kappa shape index (κ2) is 7.22. The lowest BCUT2D eigenvalue weighted by molar-refractivity contribution is 0.120. The zero-order valence-corrected chi connectivity index (χ0v) is 12.9. The van der Waals surface area contributed by atoms with Crippen LogP contribution in [0.25, 0.3) is 0 Å². The number of hydrogen-bond acceptors (Lipinski definition) is 5. The second-order valence-electron chi connectivity index (χ2n) is 5.54. The van der Waals surface area contributed by atoms with E-state index < -0.39 is 0 Å². The van der Waals surface area contributed by atoms with E-state index in [2.05, 4.69) is 32.7 Å². The molecule has 0 saturated carbocycles. The minimum absolute atomic E-state index is 0.302. The molecular formula is C17H22N4O. The van der Waals surface area contributed by atoms with Gasteiger partial charge in [-0.3, -0.25) is 0 Å². The summed E-state index contributed by atoms with van der Waals surface area (Å²) < 4.78 is 5.62. The Balaban J connectivity index is 1.59. The van der Waals surface area contributed by atoms with Crippen LogP contribution in [0.1, 0.15) is 24.2 Å². The zero-order chi connectivity index (χ0) is 15.2. The Kier molecular flexibility index (Phi) is 4.85. The van der Waals surface area contributed by atoms with Crippen molar-refractivity contribution < 1.29 is 4.74 Å². The lowest BCUT2D eigenvalue weighted by Crippen LogP contribution is -2.19. The molecule has 1 saturated heterocycles. The molecule has 5 heteroatoms. The minimum atomic E-state index is 0.302. The highest BCUT2D eigenvalue weighted by molar-refractivity contribution is 5.47. The number of hydrogen-bond donors (Lipinski definition) is 2. The third-order valence-corrected chi connectivity index (χ3v) is 3.69. The molecule has 0 spiro atoms. The summed E-state index contributed by atoms with van der Waals surface area (Å²) in [6.07, 6.45) is 2.57. The standard InChI is InChI=1S/C17H22N4O/c1-13-20-16(18-11-14-6-3-2-4-7-14)10-17(21-13)19-12-15-8-5-9-22-15/h2-4,6-7,10,15H,5,8-9,11-12H2,1H3,(H2,18,19,20,21). The molecule has 1 aliphatic rings. The summed E-state index contributed by atoms with van der Waals surface area (Å²) >= 11 is 0. The first-order chi connectivity index (χ1) is 10.8. The highest BCUT2D eigenvalue weighted by Gasteiger charge is 2.15. The normalized spacial score (nSPS) is 17.4. The van der Waals surface area contributed by atoms with Gasteiger partial charge in [0.25, 0.3) is 0 Å². The van der Waals surface area contributed by atoms with Gasteiger partial charge < -0.3 is 15.4 Å². The largest absolute Gasteiger partial charge is 0.376 e. The maximum atomic E-state index is 5.62. The second-order valence-corrected chi connectivity index (χ2v) is 5.54. The van der Waals surface area contributed by atoms with E-state index in [0.29, 0.717) is 6.10 Å². The van der Waals surface area contributed by atoms with E-state index in [-0.39, 0.29) is 0 Å². The van der Waals surface area contributed by atoms with Gasteiger partial charge in [-0.15, -0.1) is 0 Å². The van der Waals surface area contributed by atoms with Crippen molar-refractivity contribution in [2.75, 3.05) is 23.8 Å². The van der Waals surface area contributed by atoms with E-state index >= 15 is 0 Å². The van der Waals surface area contributed by atoms with Gasteiger partial charge >= 0.3 is 0 Å². The predicted octanol–water partition coefficient (Wildman–Crippen LogP) is 2.99. The lowest BCUT2D eigenvalue weighted by Gasteiger charge is -2.13. The van der Waals surface area contributed by atoms with Crippen molar-refractivity contribution in [2.45, 2.75) is 32.4 Å². The van der Waals surface area contributed by atoms with E-state index in [4.69, 9.17) is 4.74 Å². The van der Waals surface area contributed by atoms with Crippen LogP contribution in [0.4, 0.5) is 11.6 Å². The van der Waals surface area contributed by atoms with Gasteiger partial charge in [-0.1, -0.05) is 30.3 Å². The number of benzene rings is 1. The number of ether oxygens (including phenoxy) is 1. The first-order valence-electron chi connectivity index (χ1n) is 7.78. The summed E-state index contributed by atoms with van der Waals surface area (Å²) in [6.45, 7) is 4.33. The lowest BCUT2D eigenvalue weighted by atomic mass is 10.2. The molecular weight excluding hydrogens is 276 g/mol. The average molecular weight is 298 g/mol. The maximum Gasteiger partial charge on any atom is 0.132 e. The molecule has 2 N–H and O–H groups in total. The molecule has 0 amide bonds. The van der Waals surface area contributed by atoms with E-state index in [1.807, 2.05) is 31.2 Å². The van der Waals surface area contributed by atoms with Gasteiger partial charge in [-0.05, 0) is 25.3 Å². The number of anilines is 2. The molecule has 0 radical (unpaired) electrons. The van der Waals surface area contributed by atoms with Crippen molar-refractivity contribution >= 4 is 11.6 Å². The van der Waals surface area contributed by atoms with E-state index in [1.165, 1.54) is 5.56 Å². The van der Waals surface area contributed by atoms with Gasteiger partial charge in [0.15, 0.2) is 0 Å². The third kappa shape index (κ3) is 4.18. The zero-order valence-electron chi connectivity index (χ0n) is 12.9. The van der Waals surface area contributed by atoms with Crippen LogP contribution >= 0.6 is 0 Å². The molecule has 0 aliphatic carbocycles. The Bertz CT molecular complexity index is 597. The van der Waals surface area contributed by atoms with E-state index in [0.717, 1.165) is 50.0 Å². The highest BCUT2D eigenvalue weighted by atomic mass is 16.5. The van der Waals surface area contributed by atoms with Gasteiger partial charge in [0.2, 0.25) is 0 Å². The van der Waals surface area contributed by atoms with Crippen molar-refractivity contribution in [1.29, 1.82) is 0 Å². The number of nitrogens with one attached hydrogen (secondary N) is 2. The molecule has 1 aromatic heterocycles. The topological polar surface area (TPSA) is 59.1 Å². The summed E-state index contributed by atoms with van der Waals surface area (Å²) in [6, 6.07) is 12.2. The monoisotopic (exact) mass is 298 g/mol. The van der Waals surface area contributed by atoms with Crippen LogP contribution in [-0.2, 0) is 11.3 Å². The first-order valence-corrected chi connectivity index (χ1v) is 7.78. The Morgan fingerprint density at radius 2 is 1.91 bits per heavy atom. The SMILES string of the molecule is Cc1nc(NCc2ccccc2)cc(NCC2CCCO2)n1. The Morgan fingerprint density at radius 1 is 1.14 bits per heavy atom. The van der Waals surface area contributed by atoms with Crippen LogP contribution in [0.2, 0.25) is 0 Å². The molecule has 2 heterocycles. The highest BCUT2D eigenvalue weighted by Crippen LogP contribution is 2.15. The van der Waals surface area contributed by atoms with Crippen LogP contribution in [0, 0.1) is 6.92 Å². The molecule has 5 nitrogen and oxygen atoms in total. The molecule has 2 aromatic rings. The van der Waals surface area contributed by atoms with Gasteiger partial charge in [0, 0.05) is 25.8 Å². The summed E-state index contributed by atoms with van der Waals surface area (Å²) in [5, 5.41) is 6.70. The fourth-order valence-electron chi connectivity index (χ4n) is 2.56. The van der Waals surface area contributed by atoms with Crippen molar-refractivity contribution in [2.24, 2.45) is 0 Å². The summed E-state index contributed by atoms with van der Waals surface area (Å²) in [5.41, 5.74) is 1.23. The molecule has 1 atom stereocenters. The smallest absolute Gasteiger partial charge is 0.132 e. The van der Waals surface area contributed by atoms with Gasteiger partial charge in [-0.25, -0.2) is 9.97 Å². The number of aryl methyl sites for hydroxylation is 1. The summed E-state index contributed by atoms with van der Waals surface area (Å²) in [7, 11) is 0. The number of aromatic nitrogens is 2. The molecule has 3 rings (SSSR count). The molecule has 0 bridgehead atoms. The van der Waals surface area contributed by atoms with Crippen LogP contribution in [-0.4, -0.2) is 29.2 Å². The van der Waals surface area contributed by atoms with Crippen molar-refractivity contribution in [1.82, 2.24) is 9.97 Å². The van der Waals surface area contributed by atoms with Gasteiger partial charge in [0.1, 0.15) is 17.5 Å². The predicted molar refractivity (Wildman–Crippen MR) is 88.0 cm³/mol. The third-order valence-electron chi connectivity index (χ3n) is 3.69. The molecule has 22 heavy (non-hydrogen) atoms. The van der Waals surface area contributed by atoms with Gasteiger partial charge in [0.05, 0.1) is 6.10 Å². The van der Waals surface area contributed by atoms with Crippen molar-refractivity contribution in [3.63, 3.8) is 0 Å². The molecule has 1 fully saturated rings. The molecule has 1 aromatic carbocycles. The molecule has 1 aliphatic heterocycles. The van der Waals surface area contributed by atoms with Crippen LogP contribution < -0.4 is 10.6 Å². The molecule has 116 valence electrons. The van der Waals surface area contributed by atoms with Crippen molar-refractivity contribution in [3.8, 4) is 0 Å². The van der Waals surface area contributed by atoms with Crippen LogP contribution in [0.5, 0.6) is 0 Å². The summed E-state index contributed by atoms with van der Waals surface area (Å²) in [4.78, 5) is 8.87. The fourth-order valence-corrected chi connectivity index (χ4v) is 2.56. The Labute approximate surface area is 131 Å². The Hall–Kier alpha value is -2.14. The van der Waals surface area contributed by atoms with E-state index in [1.54, 1.807) is 0 Å². The molecule has 1 unspecified atom stereocenters. The van der Waals surface area contributed by atoms with Crippen LogP contribution in [0.3, 0.4) is 0 Å². The minimum Gasteiger partial charge on any atom is -0.376 e. The number of rotatable bonds is 6.